The van der Waals surface area contributed by atoms with Crippen LogP contribution in [0, 0.1) is 0 Å². The van der Waals surface area contributed by atoms with Crippen LogP contribution < -0.4 is 0 Å². The fraction of sp³-hybridized carbons (Fsp3) is 0.538. The van der Waals surface area contributed by atoms with E-state index in [9.17, 15) is 8.42 Å². The van der Waals surface area contributed by atoms with E-state index >= 15 is 0 Å². The number of halogens is 1. The van der Waals surface area contributed by atoms with Crippen molar-refractivity contribution < 1.29 is 12.6 Å². The average molecular weight is 291 g/mol. The molecule has 0 amide bonds. The molecular weight excluding hydrogens is 272 g/mol. The summed E-state index contributed by atoms with van der Waals surface area (Å²) in [7, 11) is -3.45. The molecule has 5 heteroatoms. The summed E-state index contributed by atoms with van der Waals surface area (Å²) < 4.78 is 28.2. The van der Waals surface area contributed by atoms with Crippen LogP contribution in [0.1, 0.15) is 31.2 Å². The van der Waals surface area contributed by atoms with Gasteiger partial charge in [0.1, 0.15) is 5.75 Å². The Labute approximate surface area is 114 Å². The van der Waals surface area contributed by atoms with E-state index in [4.69, 9.17) is 15.8 Å². The molecule has 3 nitrogen and oxygen atoms in total. The van der Waals surface area contributed by atoms with Crippen LogP contribution in [0.2, 0.25) is 0 Å². The van der Waals surface area contributed by atoms with Gasteiger partial charge in [0.2, 0.25) is 0 Å². The summed E-state index contributed by atoms with van der Waals surface area (Å²) in [6.45, 7) is 0.261. The number of rotatable bonds is 9. The zero-order valence-electron chi connectivity index (χ0n) is 10.3. The van der Waals surface area contributed by atoms with Gasteiger partial charge in [-0.3, -0.25) is 4.18 Å². The van der Waals surface area contributed by atoms with Crippen molar-refractivity contribution in [1.29, 1.82) is 0 Å². The van der Waals surface area contributed by atoms with Crippen LogP contribution in [0.3, 0.4) is 0 Å². The van der Waals surface area contributed by atoms with Crippen LogP contribution in [-0.4, -0.2) is 20.9 Å². The largest absolute Gasteiger partial charge is 0.271 e. The Kier molecular flexibility index (Phi) is 7.32. The molecule has 0 spiro atoms. The second-order valence-electron chi connectivity index (χ2n) is 4.11. The van der Waals surface area contributed by atoms with Crippen LogP contribution in [0.4, 0.5) is 0 Å². The Balaban J connectivity index is 2.24. The first-order valence-corrected chi connectivity index (χ1v) is 8.22. The minimum Gasteiger partial charge on any atom is -0.270 e. The molecule has 0 aliphatic heterocycles. The zero-order valence-corrected chi connectivity index (χ0v) is 11.9. The molecule has 0 bridgehead atoms. The number of unbranched alkanes of at least 4 members (excludes halogenated alkanes) is 3. The Morgan fingerprint density at radius 2 is 1.67 bits per heavy atom. The van der Waals surface area contributed by atoms with Gasteiger partial charge in [0.15, 0.2) is 0 Å². The molecule has 0 saturated carbocycles. The summed E-state index contributed by atoms with van der Waals surface area (Å²) in [6.07, 6.45) is 3.70. The molecule has 0 aliphatic rings. The first kappa shape index (κ1) is 15.5. The number of hydrogen-bond donors (Lipinski definition) is 0. The molecule has 1 aromatic rings. The third kappa shape index (κ3) is 6.99. The summed E-state index contributed by atoms with van der Waals surface area (Å²) in [6, 6.07) is 9.05. The smallest absolute Gasteiger partial charge is 0.270 e. The third-order valence-electron chi connectivity index (χ3n) is 2.48. The van der Waals surface area contributed by atoms with Gasteiger partial charge in [-0.2, -0.15) is 8.42 Å². The summed E-state index contributed by atoms with van der Waals surface area (Å²) in [4.78, 5) is 0. The summed E-state index contributed by atoms with van der Waals surface area (Å²) in [5.41, 5.74) is 0.750. The van der Waals surface area contributed by atoms with E-state index in [1.165, 1.54) is 0 Å². The summed E-state index contributed by atoms with van der Waals surface area (Å²) in [5, 5.41) is 0. The lowest BCUT2D eigenvalue weighted by Crippen LogP contribution is -2.09. The fourth-order valence-electron chi connectivity index (χ4n) is 1.56. The lowest BCUT2D eigenvalue weighted by atomic mass is 10.2. The molecule has 0 aromatic heterocycles. The molecule has 0 aliphatic carbocycles. The number of hydrogen-bond acceptors (Lipinski definition) is 3. The minimum absolute atomic E-state index is 0.0600. The molecule has 0 saturated heterocycles. The van der Waals surface area contributed by atoms with Gasteiger partial charge < -0.3 is 0 Å². The first-order chi connectivity index (χ1) is 8.64. The standard InChI is InChI=1S/C13H19ClO3S/c14-10-6-1-2-7-11-17-18(15,16)12-13-8-4-3-5-9-13/h3-5,8-9H,1-2,6-7,10-12H2. The molecule has 1 rings (SSSR count). The molecule has 0 radical (unpaired) electrons. The lowest BCUT2D eigenvalue weighted by Gasteiger charge is -2.05. The predicted octanol–water partition coefficient (Wildman–Crippen LogP) is 3.33. The number of alkyl halides is 1. The van der Waals surface area contributed by atoms with Crippen LogP contribution in [0.25, 0.3) is 0 Å². The van der Waals surface area contributed by atoms with Gasteiger partial charge in [-0.25, -0.2) is 0 Å². The van der Waals surface area contributed by atoms with E-state index in [1.807, 2.05) is 18.2 Å². The second kappa shape index (κ2) is 8.51. The quantitative estimate of drug-likeness (QED) is 0.398. The van der Waals surface area contributed by atoms with E-state index in [0.29, 0.717) is 5.88 Å². The maximum Gasteiger partial charge on any atom is 0.271 e. The molecule has 0 heterocycles. The van der Waals surface area contributed by atoms with Crippen molar-refractivity contribution in [2.45, 2.75) is 31.4 Å². The molecule has 0 atom stereocenters. The molecular formula is C13H19ClO3S. The highest BCUT2D eigenvalue weighted by Gasteiger charge is 2.11. The topological polar surface area (TPSA) is 43.4 Å². The van der Waals surface area contributed by atoms with Crippen LogP contribution in [0.5, 0.6) is 0 Å². The SMILES string of the molecule is O=S(=O)(Cc1ccccc1)OCCCCCCCl. The highest BCUT2D eigenvalue weighted by atomic mass is 35.5. The molecule has 0 N–H and O–H groups in total. The average Bonchev–Trinajstić information content (AvgIpc) is 2.34. The van der Waals surface area contributed by atoms with Gasteiger partial charge in [-0.15, -0.1) is 11.6 Å². The Bertz CT molecular complexity index is 417. The van der Waals surface area contributed by atoms with Crippen LogP contribution in [-0.2, 0) is 20.1 Å². The molecule has 0 unspecified atom stereocenters. The van der Waals surface area contributed by atoms with E-state index < -0.39 is 10.1 Å². The summed E-state index contributed by atoms with van der Waals surface area (Å²) >= 11 is 5.55. The third-order valence-corrected chi connectivity index (χ3v) is 3.96. The highest BCUT2D eigenvalue weighted by Crippen LogP contribution is 2.09. The van der Waals surface area contributed by atoms with Crippen LogP contribution in [0.15, 0.2) is 30.3 Å². The first-order valence-electron chi connectivity index (χ1n) is 6.11. The van der Waals surface area contributed by atoms with Gasteiger partial charge in [-0.05, 0) is 18.4 Å². The van der Waals surface area contributed by atoms with Gasteiger partial charge in [-0.1, -0.05) is 43.2 Å². The van der Waals surface area contributed by atoms with Gasteiger partial charge in [0.05, 0.1) is 6.61 Å². The maximum absolute atomic E-state index is 11.6. The van der Waals surface area contributed by atoms with E-state index in [0.717, 1.165) is 31.2 Å². The van der Waals surface area contributed by atoms with Crippen LogP contribution >= 0.6 is 11.6 Å². The Morgan fingerprint density at radius 3 is 2.33 bits per heavy atom. The Morgan fingerprint density at radius 1 is 1.00 bits per heavy atom. The van der Waals surface area contributed by atoms with Gasteiger partial charge in [0, 0.05) is 5.88 Å². The monoisotopic (exact) mass is 290 g/mol. The lowest BCUT2D eigenvalue weighted by molar-refractivity contribution is 0.306. The van der Waals surface area contributed by atoms with Crippen molar-refractivity contribution in [1.82, 2.24) is 0 Å². The minimum atomic E-state index is -3.45. The van der Waals surface area contributed by atoms with Crippen molar-refractivity contribution in [3.63, 3.8) is 0 Å². The van der Waals surface area contributed by atoms with Crippen molar-refractivity contribution in [3.8, 4) is 0 Å². The maximum atomic E-state index is 11.6. The van der Waals surface area contributed by atoms with E-state index in [-0.39, 0.29) is 12.4 Å². The second-order valence-corrected chi connectivity index (χ2v) is 6.13. The molecule has 0 fully saturated rings. The molecule has 1 aromatic carbocycles. The Hall–Kier alpha value is -0.580. The number of benzene rings is 1. The molecule has 102 valence electrons. The van der Waals surface area contributed by atoms with Gasteiger partial charge >= 0.3 is 0 Å². The molecule has 18 heavy (non-hydrogen) atoms. The van der Waals surface area contributed by atoms with Crippen molar-refractivity contribution in [3.05, 3.63) is 35.9 Å². The fourth-order valence-corrected chi connectivity index (χ4v) is 2.80. The van der Waals surface area contributed by atoms with E-state index in [2.05, 4.69) is 0 Å². The van der Waals surface area contributed by atoms with Crippen molar-refractivity contribution in [2.24, 2.45) is 0 Å². The highest BCUT2D eigenvalue weighted by molar-refractivity contribution is 7.85. The summed E-state index contributed by atoms with van der Waals surface area (Å²) in [5.74, 6) is 0.600. The van der Waals surface area contributed by atoms with E-state index in [1.54, 1.807) is 12.1 Å². The zero-order chi connectivity index (χ0) is 13.3. The normalized spacial score (nSPS) is 11.6. The van der Waals surface area contributed by atoms with Crippen molar-refractivity contribution >= 4 is 21.7 Å². The van der Waals surface area contributed by atoms with Crippen molar-refractivity contribution in [2.75, 3.05) is 12.5 Å². The van der Waals surface area contributed by atoms with Gasteiger partial charge in [0.25, 0.3) is 10.1 Å². The predicted molar refractivity (Wildman–Crippen MR) is 74.2 cm³/mol.